The molecule has 4 aliphatic rings. The molecule has 1 aromatic heterocycles. The highest BCUT2D eigenvalue weighted by molar-refractivity contribution is 7.90. The van der Waals surface area contributed by atoms with E-state index in [1.54, 1.807) is 6.08 Å². The molecule has 2 aliphatic heterocycles. The number of nitrogens with zero attached hydrogens (tertiary/aromatic N) is 4. The average molecular weight is 804 g/mol. The second kappa shape index (κ2) is 17.0. The van der Waals surface area contributed by atoms with Crippen molar-refractivity contribution in [1.29, 1.82) is 0 Å². The molecular weight excluding hydrogens is 755 g/mol. The summed E-state index contributed by atoms with van der Waals surface area (Å²) in [7, 11) is -2.90. The Balaban J connectivity index is 1.15. The molecule has 3 fully saturated rings. The van der Waals surface area contributed by atoms with Crippen molar-refractivity contribution in [3.05, 3.63) is 72.7 Å². The van der Waals surface area contributed by atoms with Crippen molar-refractivity contribution >= 4 is 50.7 Å². The number of hydrogen-bond acceptors (Lipinski definition) is 10. The van der Waals surface area contributed by atoms with Crippen LogP contribution in [-0.4, -0.2) is 101 Å². The third-order valence-electron chi connectivity index (χ3n) is 11.4. The van der Waals surface area contributed by atoms with Gasteiger partial charge in [-0.3, -0.25) is 14.4 Å². The van der Waals surface area contributed by atoms with Crippen LogP contribution < -0.4 is 15.4 Å². The summed E-state index contributed by atoms with van der Waals surface area (Å²) in [6, 6.07) is 11.1. The van der Waals surface area contributed by atoms with Gasteiger partial charge in [-0.2, -0.15) is 8.42 Å². The monoisotopic (exact) mass is 803 g/mol. The van der Waals surface area contributed by atoms with E-state index in [9.17, 15) is 32.4 Å². The fraction of sp³-hybridized carbons (Fsp3) is 0.500. The van der Waals surface area contributed by atoms with Gasteiger partial charge in [0, 0.05) is 26.1 Å². The van der Waals surface area contributed by atoms with Gasteiger partial charge in [-0.25, -0.2) is 19.3 Å². The zero-order chi connectivity index (χ0) is 40.2. The number of aryl methyl sites for hydroxylation is 1. The lowest BCUT2D eigenvalue weighted by Crippen LogP contribution is -2.66. The van der Waals surface area contributed by atoms with Crippen LogP contribution in [0.15, 0.2) is 72.2 Å². The molecule has 4 atom stereocenters. The smallest absolute Gasteiger partial charge is 0.410 e. The van der Waals surface area contributed by atoms with Crippen molar-refractivity contribution in [3.63, 3.8) is 0 Å². The highest BCUT2D eigenvalue weighted by Crippen LogP contribution is 2.45. The summed E-state index contributed by atoms with van der Waals surface area (Å²) >= 11 is 0. The zero-order valence-corrected chi connectivity index (χ0v) is 32.7. The highest BCUT2D eigenvalue weighted by atomic mass is 32.2. The topological polar surface area (TPSA) is 198 Å². The summed E-state index contributed by atoms with van der Waals surface area (Å²) in [5, 5.41) is 7.25. The molecule has 3 heterocycles. The van der Waals surface area contributed by atoms with Crippen molar-refractivity contribution in [3.8, 4) is 0 Å². The minimum Gasteiger partial charge on any atom is -0.446 e. The first-order valence-corrected chi connectivity index (χ1v) is 21.1. The molecule has 3 aromatic rings. The van der Waals surface area contributed by atoms with Gasteiger partial charge < -0.3 is 34.5 Å². The maximum atomic E-state index is 14.5. The second-order valence-electron chi connectivity index (χ2n) is 15.3. The molecule has 1 unspecified atom stereocenters. The van der Waals surface area contributed by atoms with Crippen molar-refractivity contribution in [2.45, 2.75) is 99.6 Å². The molecule has 0 radical (unpaired) electrons. The largest absolute Gasteiger partial charge is 0.446 e. The number of benzene rings is 2. The summed E-state index contributed by atoms with van der Waals surface area (Å²) < 4.78 is 41.3. The number of carbonyl (C=O) groups is 5. The number of allylic oxidation sites excluding steroid dienone is 1. The first-order valence-electron chi connectivity index (χ1n) is 19.6. The van der Waals surface area contributed by atoms with Gasteiger partial charge in [-0.1, -0.05) is 67.5 Å². The third kappa shape index (κ3) is 8.92. The molecule has 57 heavy (non-hydrogen) atoms. The quantitative estimate of drug-likeness (QED) is 0.297. The van der Waals surface area contributed by atoms with Crippen LogP contribution in [0.3, 0.4) is 0 Å². The van der Waals surface area contributed by atoms with Crippen molar-refractivity contribution in [1.82, 2.24) is 34.7 Å². The molecule has 5 amide bonds. The molecule has 2 aliphatic carbocycles. The Morgan fingerprint density at radius 1 is 0.982 bits per heavy atom. The number of hydrogen-bond donors (Lipinski definition) is 3. The van der Waals surface area contributed by atoms with E-state index in [1.165, 1.54) is 27.7 Å². The lowest BCUT2D eigenvalue weighted by Gasteiger charge is -2.41. The second-order valence-corrected chi connectivity index (χ2v) is 16.9. The number of carbonyl (C=O) groups excluding carboxylic acids is 5. The number of sulfonamides is 1. The fourth-order valence-corrected chi connectivity index (χ4v) is 9.24. The number of piperazine rings is 1. The molecular formula is C40H49N7O9S. The molecule has 0 spiro atoms. The predicted molar refractivity (Wildman–Crippen MR) is 207 cm³/mol. The standard InChI is InChI=1S/C40H49N7O9S/c1-45-26-41-23-34(45)57(53,54)44-37(50)40-22-29(40)15-5-3-2-4-6-19-32(42-38(51)56-30-16-8-9-17-30)36(49)47-21-20-46(24-33(47)35(48)43-40)39(52)55-25-28-14-11-13-27-12-7-10-18-31(27)28/h5,7,10-15,18,23,26,29-30,32-33H,2-4,6,8-9,16-17,19-22,24-25H2,1H3,(H,42,51)(H,43,48)(H,44,50)/b15-5+/t29?,32-,33-,40-/m0/s1. The number of fused-ring (bicyclic) bond motifs is 3. The first kappa shape index (κ1) is 39.8. The fourth-order valence-electron chi connectivity index (χ4n) is 8.08. The summed E-state index contributed by atoms with van der Waals surface area (Å²) in [6.45, 7) is -0.360. The maximum Gasteiger partial charge on any atom is 0.410 e. The van der Waals surface area contributed by atoms with Crippen LogP contribution in [0.1, 0.15) is 69.8 Å². The van der Waals surface area contributed by atoms with Gasteiger partial charge in [-0.15, -0.1) is 0 Å². The number of ether oxygens (including phenoxy) is 2. The Morgan fingerprint density at radius 2 is 1.75 bits per heavy atom. The third-order valence-corrected chi connectivity index (χ3v) is 12.8. The molecule has 7 rings (SSSR count). The number of imidazole rings is 1. The molecule has 304 valence electrons. The average Bonchev–Trinajstić information content (AvgIpc) is 3.45. The van der Waals surface area contributed by atoms with Crippen molar-refractivity contribution in [2.24, 2.45) is 13.0 Å². The molecule has 1 saturated heterocycles. The zero-order valence-electron chi connectivity index (χ0n) is 31.9. The Hall–Kier alpha value is -5.45. The lowest BCUT2D eigenvalue weighted by atomic mass is 10.0. The van der Waals surface area contributed by atoms with E-state index in [0.29, 0.717) is 19.3 Å². The van der Waals surface area contributed by atoms with Gasteiger partial charge in [0.15, 0.2) is 5.03 Å². The number of alkyl carbamates (subject to hydrolysis) is 1. The van der Waals surface area contributed by atoms with Gasteiger partial charge in [0.2, 0.25) is 11.8 Å². The molecule has 16 nitrogen and oxygen atoms in total. The van der Waals surface area contributed by atoms with E-state index in [1.807, 2.05) is 48.5 Å². The van der Waals surface area contributed by atoms with E-state index >= 15 is 0 Å². The van der Waals surface area contributed by atoms with Gasteiger partial charge >= 0.3 is 12.2 Å². The maximum absolute atomic E-state index is 14.5. The van der Waals surface area contributed by atoms with Crippen LogP contribution in [0, 0.1) is 5.92 Å². The predicted octanol–water partition coefficient (Wildman–Crippen LogP) is 3.66. The Labute approximate surface area is 331 Å². The summed E-state index contributed by atoms with van der Waals surface area (Å²) in [5.41, 5.74) is -0.865. The highest BCUT2D eigenvalue weighted by Gasteiger charge is 2.61. The molecule has 0 bridgehead atoms. The van der Waals surface area contributed by atoms with Crippen LogP contribution in [0.2, 0.25) is 0 Å². The number of aromatic nitrogens is 2. The summed E-state index contributed by atoms with van der Waals surface area (Å²) in [4.78, 5) is 76.2. The van der Waals surface area contributed by atoms with Crippen LogP contribution in [0.4, 0.5) is 9.59 Å². The molecule has 2 aromatic carbocycles. The molecule has 17 heteroatoms. The number of rotatable bonds is 7. The Morgan fingerprint density at radius 3 is 2.54 bits per heavy atom. The Bertz CT molecular complexity index is 2150. The van der Waals surface area contributed by atoms with Crippen molar-refractivity contribution < 1.29 is 41.9 Å². The van der Waals surface area contributed by atoms with Crippen LogP contribution in [0.25, 0.3) is 10.8 Å². The van der Waals surface area contributed by atoms with Crippen LogP contribution >= 0.6 is 0 Å². The lowest BCUT2D eigenvalue weighted by molar-refractivity contribution is -0.146. The number of amides is 5. The van der Waals surface area contributed by atoms with Gasteiger partial charge in [0.1, 0.15) is 30.3 Å². The summed E-state index contributed by atoms with van der Waals surface area (Å²) in [6.07, 6.45) is 11.0. The SMILES string of the molecule is Cn1cncc1S(=O)(=O)NC(=O)[C@]12CC1/C=C/CCCCC[C@H](NC(=O)OC1CCCC1)C(=O)N1CCN(C(=O)OCc3cccc4ccccc34)C[C@H]1C(=O)N2. The van der Waals surface area contributed by atoms with Crippen molar-refractivity contribution in [2.75, 3.05) is 19.6 Å². The van der Waals surface area contributed by atoms with Gasteiger partial charge in [-0.05, 0) is 67.7 Å². The van der Waals surface area contributed by atoms with Crippen LogP contribution in [-0.2, 0) is 47.5 Å². The first-order chi connectivity index (χ1) is 27.4. The normalized spacial score (nSPS) is 25.2. The molecule has 2 saturated carbocycles. The molecule has 3 N–H and O–H groups in total. The minimum atomic E-state index is -4.37. The van der Waals surface area contributed by atoms with E-state index in [-0.39, 0.29) is 43.8 Å². The Kier molecular flexibility index (Phi) is 11.8. The summed E-state index contributed by atoms with van der Waals surface area (Å²) in [5.74, 6) is -2.77. The van der Waals surface area contributed by atoms with Gasteiger partial charge in [0.25, 0.3) is 15.9 Å². The van der Waals surface area contributed by atoms with Gasteiger partial charge in [0.05, 0.1) is 19.1 Å². The number of nitrogens with one attached hydrogen (secondary N) is 3. The van der Waals surface area contributed by atoms with E-state index in [4.69, 9.17) is 9.47 Å². The van der Waals surface area contributed by atoms with Crippen LogP contribution in [0.5, 0.6) is 0 Å². The van der Waals surface area contributed by atoms with E-state index in [0.717, 1.165) is 61.1 Å². The van der Waals surface area contributed by atoms with E-state index in [2.05, 4.69) is 20.3 Å². The van der Waals surface area contributed by atoms with E-state index < -0.39 is 63.5 Å². The minimum absolute atomic E-state index is 0.0308.